The lowest BCUT2D eigenvalue weighted by atomic mass is 10.1. The van der Waals surface area contributed by atoms with Gasteiger partial charge in [-0.2, -0.15) is 0 Å². The van der Waals surface area contributed by atoms with Crippen LogP contribution in [0, 0.1) is 37.3 Å². The van der Waals surface area contributed by atoms with Crippen LogP contribution in [0.1, 0.15) is 15.9 Å². The number of non-ortho nitro benzene ring substituents is 1. The predicted molar refractivity (Wildman–Crippen MR) is 82.5 cm³/mol. The third-order valence-corrected chi connectivity index (χ3v) is 3.09. The summed E-state index contributed by atoms with van der Waals surface area (Å²) in [4.78, 5) is 41.9. The van der Waals surface area contributed by atoms with Crippen molar-refractivity contribution in [1.29, 1.82) is 0 Å². The number of rotatable bonds is 5. The molecule has 11 heteroatoms. The summed E-state index contributed by atoms with van der Waals surface area (Å²) in [5.41, 5.74) is -2.26. The Hall–Kier alpha value is -3.89. The van der Waals surface area contributed by atoms with Gasteiger partial charge in [0.1, 0.15) is 0 Å². The fourth-order valence-corrected chi connectivity index (χ4v) is 1.99. The molecule has 128 valence electrons. The number of nitrogens with zero attached hydrogens (tertiary/aromatic N) is 3. The van der Waals surface area contributed by atoms with Gasteiger partial charge >= 0.3 is 17.3 Å². The number of esters is 1. The van der Waals surface area contributed by atoms with Gasteiger partial charge < -0.3 is 4.74 Å². The number of aryl methyl sites for hydroxylation is 1. The Morgan fingerprint density at radius 2 is 1.48 bits per heavy atom. The number of nitro groups is 3. The number of hydrogen-bond acceptors (Lipinski definition) is 8. The monoisotopic (exact) mass is 347 g/mol. The highest BCUT2D eigenvalue weighted by atomic mass is 16.6. The van der Waals surface area contributed by atoms with Crippen LogP contribution in [-0.2, 0) is 0 Å². The number of nitro benzene ring substituents is 3. The smallest absolute Gasteiger partial charge is 0.344 e. The lowest BCUT2D eigenvalue weighted by Gasteiger charge is -2.06. The van der Waals surface area contributed by atoms with Crippen LogP contribution in [0.5, 0.6) is 5.75 Å². The van der Waals surface area contributed by atoms with Gasteiger partial charge in [0.15, 0.2) is 0 Å². The summed E-state index contributed by atoms with van der Waals surface area (Å²) < 4.78 is 4.83. The lowest BCUT2D eigenvalue weighted by Crippen LogP contribution is -2.11. The first kappa shape index (κ1) is 17.5. The number of carbonyl (C=O) groups is 1. The Balaban J connectivity index is 2.58. The zero-order valence-electron chi connectivity index (χ0n) is 12.6. The van der Waals surface area contributed by atoms with E-state index < -0.39 is 43.6 Å². The average Bonchev–Trinajstić information content (AvgIpc) is 2.54. The van der Waals surface area contributed by atoms with E-state index in [-0.39, 0.29) is 5.56 Å². The molecule has 0 unspecified atom stereocenters. The van der Waals surface area contributed by atoms with Crippen LogP contribution in [0.2, 0.25) is 0 Å². The van der Waals surface area contributed by atoms with Crippen LogP contribution in [0.4, 0.5) is 17.1 Å². The van der Waals surface area contributed by atoms with E-state index in [0.29, 0.717) is 17.7 Å². The zero-order chi connectivity index (χ0) is 18.7. The maximum absolute atomic E-state index is 12.1. The van der Waals surface area contributed by atoms with E-state index in [1.165, 1.54) is 18.2 Å². The van der Waals surface area contributed by atoms with Gasteiger partial charge in [0, 0.05) is 0 Å². The van der Waals surface area contributed by atoms with Crippen molar-refractivity contribution in [2.24, 2.45) is 0 Å². The second kappa shape index (κ2) is 6.70. The van der Waals surface area contributed by atoms with E-state index in [0.717, 1.165) is 0 Å². The molecule has 0 atom stereocenters. The van der Waals surface area contributed by atoms with Gasteiger partial charge in [-0.1, -0.05) is 17.7 Å². The van der Waals surface area contributed by atoms with E-state index in [1.54, 1.807) is 13.0 Å². The summed E-state index contributed by atoms with van der Waals surface area (Å²) in [6.07, 6.45) is 0. The first-order valence-electron chi connectivity index (χ1n) is 6.60. The number of carbonyl (C=O) groups excluding carboxylic acids is 1. The minimum Gasteiger partial charge on any atom is -0.408 e. The Kier molecular flexibility index (Phi) is 4.68. The summed E-state index contributed by atoms with van der Waals surface area (Å²) in [7, 11) is 0. The second-order valence-electron chi connectivity index (χ2n) is 4.84. The molecule has 0 N–H and O–H groups in total. The Morgan fingerprint density at radius 1 is 0.920 bits per heavy atom. The van der Waals surface area contributed by atoms with Crippen molar-refractivity contribution >= 4 is 23.0 Å². The Labute approximate surface area is 138 Å². The summed E-state index contributed by atoms with van der Waals surface area (Å²) >= 11 is 0. The molecule has 0 fully saturated rings. The molecule has 0 saturated carbocycles. The topological polar surface area (TPSA) is 156 Å². The highest BCUT2D eigenvalue weighted by Gasteiger charge is 2.33. The largest absolute Gasteiger partial charge is 0.408 e. The molecule has 2 aromatic carbocycles. The molecule has 0 spiro atoms. The fourth-order valence-electron chi connectivity index (χ4n) is 1.99. The maximum Gasteiger partial charge on any atom is 0.344 e. The molecular formula is C14H9N3O8. The van der Waals surface area contributed by atoms with Crippen molar-refractivity contribution in [2.45, 2.75) is 6.92 Å². The third-order valence-electron chi connectivity index (χ3n) is 3.09. The quantitative estimate of drug-likeness (QED) is 0.346. The fraction of sp³-hybridized carbons (Fsp3) is 0.0714. The Bertz CT molecular complexity index is 874. The van der Waals surface area contributed by atoms with Gasteiger partial charge in [-0.25, -0.2) is 4.79 Å². The van der Waals surface area contributed by atoms with Crippen LogP contribution in [0.3, 0.4) is 0 Å². The second-order valence-corrected chi connectivity index (χ2v) is 4.84. The van der Waals surface area contributed by atoms with Crippen molar-refractivity contribution in [2.75, 3.05) is 0 Å². The van der Waals surface area contributed by atoms with Crippen molar-refractivity contribution in [1.82, 2.24) is 0 Å². The van der Waals surface area contributed by atoms with Gasteiger partial charge in [0.2, 0.25) is 0 Å². The van der Waals surface area contributed by atoms with Crippen LogP contribution in [0.15, 0.2) is 36.4 Å². The predicted octanol–water partition coefficient (Wildman–Crippen LogP) is 2.94. The standard InChI is InChI=1S/C14H9N3O8/c1-8-3-2-4-9(5-8)14(18)25-13-11(16(21)22)6-10(15(19)20)7-12(13)17(23)24/h2-7H,1H3. The normalized spacial score (nSPS) is 10.1. The zero-order valence-corrected chi connectivity index (χ0v) is 12.6. The van der Waals surface area contributed by atoms with Gasteiger partial charge in [-0.3, -0.25) is 30.3 Å². The summed E-state index contributed by atoms with van der Waals surface area (Å²) in [5.74, 6) is -2.03. The van der Waals surface area contributed by atoms with Crippen molar-refractivity contribution in [3.8, 4) is 5.75 Å². The van der Waals surface area contributed by atoms with E-state index in [9.17, 15) is 35.1 Å². The van der Waals surface area contributed by atoms with E-state index in [2.05, 4.69) is 0 Å². The van der Waals surface area contributed by atoms with Crippen LogP contribution >= 0.6 is 0 Å². The molecule has 2 aromatic rings. The molecule has 0 saturated heterocycles. The van der Waals surface area contributed by atoms with Gasteiger partial charge in [-0.05, 0) is 19.1 Å². The maximum atomic E-state index is 12.1. The molecule has 11 nitrogen and oxygen atoms in total. The molecule has 25 heavy (non-hydrogen) atoms. The Morgan fingerprint density at radius 3 is 1.92 bits per heavy atom. The highest BCUT2D eigenvalue weighted by molar-refractivity contribution is 5.92. The van der Waals surface area contributed by atoms with Crippen LogP contribution in [-0.4, -0.2) is 20.7 Å². The molecule has 0 aliphatic heterocycles. The molecule has 0 aromatic heterocycles. The van der Waals surface area contributed by atoms with E-state index >= 15 is 0 Å². The number of hydrogen-bond donors (Lipinski definition) is 0. The van der Waals surface area contributed by atoms with Gasteiger partial charge in [-0.15, -0.1) is 0 Å². The molecular weight excluding hydrogens is 338 g/mol. The highest BCUT2D eigenvalue weighted by Crippen LogP contribution is 2.40. The van der Waals surface area contributed by atoms with Crippen molar-refractivity contribution in [3.05, 3.63) is 77.9 Å². The molecule has 0 aliphatic rings. The average molecular weight is 347 g/mol. The molecule has 0 heterocycles. The van der Waals surface area contributed by atoms with Crippen LogP contribution in [0.25, 0.3) is 0 Å². The third kappa shape index (κ3) is 3.72. The van der Waals surface area contributed by atoms with Gasteiger partial charge in [0.05, 0.1) is 32.5 Å². The van der Waals surface area contributed by atoms with E-state index in [1.807, 2.05) is 0 Å². The molecule has 0 bridgehead atoms. The van der Waals surface area contributed by atoms with Crippen LogP contribution < -0.4 is 4.74 Å². The molecule has 0 aliphatic carbocycles. The SMILES string of the molecule is Cc1cccc(C(=O)Oc2c([N+](=O)[O-])cc([N+](=O)[O-])cc2[N+](=O)[O-])c1. The summed E-state index contributed by atoms with van der Waals surface area (Å²) in [5, 5.41) is 33.0. The first-order chi connectivity index (χ1) is 11.7. The molecule has 0 radical (unpaired) electrons. The number of benzene rings is 2. The van der Waals surface area contributed by atoms with Crippen molar-refractivity contribution in [3.63, 3.8) is 0 Å². The minimum absolute atomic E-state index is 0.0157. The first-order valence-corrected chi connectivity index (χ1v) is 6.60. The molecule has 2 rings (SSSR count). The number of ether oxygens (including phenoxy) is 1. The van der Waals surface area contributed by atoms with E-state index in [4.69, 9.17) is 4.74 Å². The minimum atomic E-state index is -1.10. The summed E-state index contributed by atoms with van der Waals surface area (Å²) in [6, 6.07) is 6.99. The lowest BCUT2D eigenvalue weighted by molar-refractivity contribution is -0.404. The summed E-state index contributed by atoms with van der Waals surface area (Å²) in [6.45, 7) is 1.69. The van der Waals surface area contributed by atoms with Gasteiger partial charge in [0.25, 0.3) is 11.4 Å². The molecule has 0 amide bonds. The van der Waals surface area contributed by atoms with Crippen molar-refractivity contribution < 1.29 is 24.3 Å².